The molecule has 4 rings (SSSR count). The topological polar surface area (TPSA) is 96.8 Å². The van der Waals surface area contributed by atoms with Gasteiger partial charge in [-0.25, -0.2) is 4.98 Å². The van der Waals surface area contributed by atoms with Gasteiger partial charge in [0, 0.05) is 51.9 Å². The normalized spacial score (nSPS) is 18.8. The van der Waals surface area contributed by atoms with Crippen LogP contribution in [0.4, 0.5) is 0 Å². The summed E-state index contributed by atoms with van der Waals surface area (Å²) in [4.78, 5) is 20.7. The van der Waals surface area contributed by atoms with E-state index in [1.54, 1.807) is 17.7 Å². The van der Waals surface area contributed by atoms with Crippen LogP contribution in [0, 0.1) is 0 Å². The minimum atomic E-state index is -3.96. The standard InChI is InChI=1S/C26H39N5O4S/c1-3-13-30(14-4-5-15-31-16-12-27-11-10-26(31)32)23-8-6-21-7-9-24(18-22(21)17-23)35-36(33,34)25-19-29(2)20-28-25/h7,9,18-20,23,27H,3-6,8,10-17H2,1-2H3. The number of hydrogen-bond acceptors (Lipinski definition) is 7. The highest BCUT2D eigenvalue weighted by molar-refractivity contribution is 7.87. The highest BCUT2D eigenvalue weighted by atomic mass is 32.2. The van der Waals surface area contributed by atoms with E-state index in [1.165, 1.54) is 18.1 Å². The fraction of sp³-hybridized carbons (Fsp3) is 0.615. The second-order valence-corrected chi connectivity index (χ2v) is 11.4. The molecule has 1 aliphatic carbocycles. The predicted molar refractivity (Wildman–Crippen MR) is 138 cm³/mol. The third kappa shape index (κ3) is 6.86. The summed E-state index contributed by atoms with van der Waals surface area (Å²) in [6.45, 7) is 7.56. The quantitative estimate of drug-likeness (QED) is 0.361. The summed E-state index contributed by atoms with van der Waals surface area (Å²) in [5.74, 6) is 0.594. The van der Waals surface area contributed by atoms with Crippen molar-refractivity contribution in [2.24, 2.45) is 7.05 Å². The summed E-state index contributed by atoms with van der Waals surface area (Å²) < 4.78 is 32.2. The number of amides is 1. The Hall–Kier alpha value is -2.43. The van der Waals surface area contributed by atoms with E-state index in [4.69, 9.17) is 4.18 Å². The predicted octanol–water partition coefficient (Wildman–Crippen LogP) is 2.36. The monoisotopic (exact) mass is 517 g/mol. The Balaban J connectivity index is 1.34. The summed E-state index contributed by atoms with van der Waals surface area (Å²) in [6, 6.07) is 6.03. The molecule has 36 heavy (non-hydrogen) atoms. The number of aryl methyl sites for hydroxylation is 2. The van der Waals surface area contributed by atoms with Gasteiger partial charge in [0.2, 0.25) is 10.9 Å². The van der Waals surface area contributed by atoms with Crippen LogP contribution < -0.4 is 9.50 Å². The van der Waals surface area contributed by atoms with E-state index in [0.29, 0.717) is 18.2 Å². The molecule has 1 aromatic carbocycles. The molecule has 2 aliphatic rings. The molecule has 9 nitrogen and oxygen atoms in total. The zero-order valence-electron chi connectivity index (χ0n) is 21.5. The van der Waals surface area contributed by atoms with Crippen LogP contribution in [0.1, 0.15) is 50.2 Å². The van der Waals surface area contributed by atoms with Gasteiger partial charge in [-0.15, -0.1) is 0 Å². The third-order valence-corrected chi connectivity index (χ3v) is 8.24. The van der Waals surface area contributed by atoms with Crippen LogP contribution in [-0.4, -0.2) is 79.0 Å². The van der Waals surface area contributed by atoms with Crippen molar-refractivity contribution in [1.82, 2.24) is 24.7 Å². The molecule has 1 aliphatic heterocycles. The van der Waals surface area contributed by atoms with Crippen LogP contribution in [0.5, 0.6) is 5.75 Å². The van der Waals surface area contributed by atoms with E-state index in [2.05, 4.69) is 22.1 Å². The van der Waals surface area contributed by atoms with E-state index >= 15 is 0 Å². The summed E-state index contributed by atoms with van der Waals surface area (Å²) in [5.41, 5.74) is 2.42. The van der Waals surface area contributed by atoms with Crippen LogP contribution >= 0.6 is 0 Å². The number of carbonyl (C=O) groups is 1. The van der Waals surface area contributed by atoms with Gasteiger partial charge >= 0.3 is 10.1 Å². The van der Waals surface area contributed by atoms with Gasteiger partial charge < -0.3 is 23.9 Å². The van der Waals surface area contributed by atoms with Crippen molar-refractivity contribution in [3.05, 3.63) is 41.9 Å². The van der Waals surface area contributed by atoms with Crippen molar-refractivity contribution in [1.29, 1.82) is 0 Å². The van der Waals surface area contributed by atoms with Crippen molar-refractivity contribution < 1.29 is 17.4 Å². The number of nitrogens with zero attached hydrogens (tertiary/aromatic N) is 4. The zero-order valence-corrected chi connectivity index (χ0v) is 22.3. The summed E-state index contributed by atoms with van der Waals surface area (Å²) >= 11 is 0. The average Bonchev–Trinajstić information content (AvgIpc) is 3.20. The Morgan fingerprint density at radius 3 is 2.81 bits per heavy atom. The van der Waals surface area contributed by atoms with Gasteiger partial charge in [-0.3, -0.25) is 4.79 Å². The maximum absolute atomic E-state index is 12.6. The number of rotatable bonds is 11. The Kier molecular flexibility index (Phi) is 9.03. The van der Waals surface area contributed by atoms with E-state index < -0.39 is 10.1 Å². The molecule has 1 aromatic heterocycles. The second-order valence-electron chi connectivity index (χ2n) is 9.87. The lowest BCUT2D eigenvalue weighted by molar-refractivity contribution is -0.130. The Morgan fingerprint density at radius 2 is 2.03 bits per heavy atom. The Bertz CT molecular complexity index is 1130. The molecule has 1 unspecified atom stereocenters. The van der Waals surface area contributed by atoms with Crippen molar-refractivity contribution in [2.75, 3.05) is 39.3 Å². The number of aromatic nitrogens is 2. The lowest BCUT2D eigenvalue weighted by Gasteiger charge is -2.35. The van der Waals surface area contributed by atoms with Crippen LogP contribution in [-0.2, 0) is 34.8 Å². The number of hydrogen-bond donors (Lipinski definition) is 1. The van der Waals surface area contributed by atoms with Gasteiger partial charge in [-0.1, -0.05) is 13.0 Å². The molecule has 0 saturated carbocycles. The number of nitrogens with one attached hydrogen (secondary N) is 1. The molecule has 1 saturated heterocycles. The summed E-state index contributed by atoms with van der Waals surface area (Å²) in [5, 5.41) is 3.20. The first-order valence-corrected chi connectivity index (χ1v) is 14.5. The molecule has 1 fully saturated rings. The first-order chi connectivity index (χ1) is 17.4. The lowest BCUT2D eigenvalue weighted by atomic mass is 9.87. The molecule has 2 heterocycles. The van der Waals surface area contributed by atoms with Crippen LogP contribution in [0.25, 0.3) is 0 Å². The van der Waals surface area contributed by atoms with Gasteiger partial charge in [0.1, 0.15) is 5.75 Å². The smallest absolute Gasteiger partial charge is 0.358 e. The molecule has 198 valence electrons. The lowest BCUT2D eigenvalue weighted by Crippen LogP contribution is -2.41. The zero-order chi connectivity index (χ0) is 25.5. The first kappa shape index (κ1) is 26.6. The SMILES string of the molecule is CCCN(CCCCN1CCNCCC1=O)C1CCc2ccc(OS(=O)(=O)c3cn(C)cn3)cc2C1. The summed E-state index contributed by atoms with van der Waals surface area (Å²) in [7, 11) is -2.24. The molecular formula is C26H39N5O4S. The Morgan fingerprint density at radius 1 is 1.17 bits per heavy atom. The third-order valence-electron chi connectivity index (χ3n) is 7.10. The van der Waals surface area contributed by atoms with E-state index in [9.17, 15) is 13.2 Å². The maximum atomic E-state index is 12.6. The minimum Gasteiger partial charge on any atom is -0.378 e. The molecule has 10 heteroatoms. The van der Waals surface area contributed by atoms with Gasteiger partial charge in [0.15, 0.2) is 0 Å². The highest BCUT2D eigenvalue weighted by Gasteiger charge is 2.26. The number of benzene rings is 1. The molecular weight excluding hydrogens is 478 g/mol. The van der Waals surface area contributed by atoms with Gasteiger partial charge in [0.05, 0.1) is 6.33 Å². The largest absolute Gasteiger partial charge is 0.378 e. The van der Waals surface area contributed by atoms with Crippen LogP contribution in [0.15, 0.2) is 35.7 Å². The number of carbonyl (C=O) groups excluding carboxylic acids is 1. The Labute approximate surface area is 214 Å². The van der Waals surface area contributed by atoms with Crippen molar-refractivity contribution >= 4 is 16.0 Å². The second kappa shape index (κ2) is 12.2. The molecule has 0 radical (unpaired) electrons. The summed E-state index contributed by atoms with van der Waals surface area (Å²) in [6.07, 6.45) is 9.59. The van der Waals surface area contributed by atoms with Gasteiger partial charge in [-0.2, -0.15) is 8.42 Å². The molecule has 1 atom stereocenters. The van der Waals surface area contributed by atoms with E-state index in [-0.39, 0.29) is 10.9 Å². The fourth-order valence-corrected chi connectivity index (χ4v) is 6.11. The molecule has 1 N–H and O–H groups in total. The molecule has 0 bridgehead atoms. The minimum absolute atomic E-state index is 0.0899. The molecule has 2 aromatic rings. The number of fused-ring (bicyclic) bond motifs is 1. The van der Waals surface area contributed by atoms with Crippen molar-refractivity contribution in [3.63, 3.8) is 0 Å². The van der Waals surface area contributed by atoms with Gasteiger partial charge in [-0.05, 0) is 74.9 Å². The number of unbranched alkanes of at least 4 members (excludes halogenated alkanes) is 1. The van der Waals surface area contributed by atoms with Crippen LogP contribution in [0.2, 0.25) is 0 Å². The van der Waals surface area contributed by atoms with E-state index in [0.717, 1.165) is 83.4 Å². The fourth-order valence-electron chi connectivity index (χ4n) is 5.20. The van der Waals surface area contributed by atoms with Crippen molar-refractivity contribution in [3.8, 4) is 5.75 Å². The highest BCUT2D eigenvalue weighted by Crippen LogP contribution is 2.29. The van der Waals surface area contributed by atoms with Gasteiger partial charge in [0.25, 0.3) is 0 Å². The van der Waals surface area contributed by atoms with Crippen molar-refractivity contribution in [2.45, 2.75) is 62.9 Å². The first-order valence-electron chi connectivity index (χ1n) is 13.1. The maximum Gasteiger partial charge on any atom is 0.358 e. The van der Waals surface area contributed by atoms with E-state index in [1.807, 2.05) is 17.0 Å². The van der Waals surface area contributed by atoms with Crippen LogP contribution in [0.3, 0.4) is 0 Å². The molecule has 0 spiro atoms. The average molecular weight is 518 g/mol. The number of imidazole rings is 1. The molecule has 1 amide bonds.